The summed E-state index contributed by atoms with van der Waals surface area (Å²) in [5, 5.41) is 4.49. The van der Waals surface area contributed by atoms with Crippen LogP contribution in [0.5, 0.6) is 0 Å². The Morgan fingerprint density at radius 3 is 2.88 bits per heavy atom. The second kappa shape index (κ2) is 4.25. The van der Waals surface area contributed by atoms with Crippen LogP contribution < -0.4 is 0 Å². The highest BCUT2D eigenvalue weighted by Crippen LogP contribution is 2.15. The molecule has 0 N–H and O–H groups in total. The zero-order chi connectivity index (χ0) is 11.7. The summed E-state index contributed by atoms with van der Waals surface area (Å²) < 4.78 is 1.83. The Kier molecular flexibility index (Phi) is 2.60. The number of nitrogens with zero attached hydrogens (tertiary/aromatic N) is 5. The van der Waals surface area contributed by atoms with Gasteiger partial charge in [0.05, 0.1) is 5.69 Å². The molecule has 0 radical (unpaired) electrons. The van der Waals surface area contributed by atoms with Gasteiger partial charge in [0.25, 0.3) is 0 Å². The van der Waals surface area contributed by atoms with Gasteiger partial charge < -0.3 is 0 Å². The second-order valence-corrected chi connectivity index (χ2v) is 4.38. The minimum atomic E-state index is 0.818. The molecule has 0 aromatic carbocycles. The fraction of sp³-hybridized carbons (Fsp3) is 0.417. The number of hydrogen-bond donors (Lipinski definition) is 0. The lowest BCUT2D eigenvalue weighted by atomic mass is 10.1. The van der Waals surface area contributed by atoms with Crippen LogP contribution in [0.15, 0.2) is 24.8 Å². The normalized spacial score (nSPS) is 15.8. The van der Waals surface area contributed by atoms with Crippen molar-refractivity contribution >= 4 is 0 Å². The number of aryl methyl sites for hydroxylation is 1. The van der Waals surface area contributed by atoms with E-state index in [2.05, 4.69) is 26.2 Å². The van der Waals surface area contributed by atoms with E-state index in [1.165, 1.54) is 25.1 Å². The fourth-order valence-corrected chi connectivity index (χ4v) is 1.97. The number of likely N-dealkylation sites (tertiary alicyclic amines) is 1. The molecule has 1 fully saturated rings. The zero-order valence-electron chi connectivity index (χ0n) is 9.87. The SMILES string of the molecule is Cc1nn(-c2ccncn2)cc1CN1CCC1. The topological polar surface area (TPSA) is 46.8 Å². The third kappa shape index (κ3) is 2.06. The third-order valence-electron chi connectivity index (χ3n) is 3.14. The van der Waals surface area contributed by atoms with Crippen LogP contribution in [0.25, 0.3) is 5.82 Å². The van der Waals surface area contributed by atoms with Crippen molar-refractivity contribution in [3.05, 3.63) is 36.0 Å². The molecule has 1 aliphatic heterocycles. The molecular weight excluding hydrogens is 214 g/mol. The molecule has 5 nitrogen and oxygen atoms in total. The molecule has 2 aromatic heterocycles. The highest BCUT2D eigenvalue weighted by molar-refractivity contribution is 5.24. The van der Waals surface area contributed by atoms with Gasteiger partial charge in [0.2, 0.25) is 0 Å². The lowest BCUT2D eigenvalue weighted by Crippen LogP contribution is -2.36. The summed E-state index contributed by atoms with van der Waals surface area (Å²) in [7, 11) is 0. The summed E-state index contributed by atoms with van der Waals surface area (Å²) in [6, 6.07) is 1.86. The summed E-state index contributed by atoms with van der Waals surface area (Å²) in [6.45, 7) is 5.46. The molecule has 17 heavy (non-hydrogen) atoms. The van der Waals surface area contributed by atoms with Crippen molar-refractivity contribution in [3.8, 4) is 5.82 Å². The Labute approximate surface area is 100 Å². The Hall–Kier alpha value is -1.75. The molecule has 3 rings (SSSR count). The van der Waals surface area contributed by atoms with E-state index in [4.69, 9.17) is 0 Å². The average Bonchev–Trinajstić information content (AvgIpc) is 2.67. The summed E-state index contributed by atoms with van der Waals surface area (Å²) in [5.74, 6) is 0.818. The van der Waals surface area contributed by atoms with Crippen LogP contribution in [0.4, 0.5) is 0 Å². The molecule has 2 aromatic rings. The summed E-state index contributed by atoms with van der Waals surface area (Å²) in [6.07, 6.45) is 6.66. The standard InChI is InChI=1S/C12H15N5/c1-10-11(7-16-5-2-6-16)8-17(15-10)12-3-4-13-9-14-12/h3-4,8-9H,2,5-7H2,1H3. The first-order chi connectivity index (χ1) is 8.33. The van der Waals surface area contributed by atoms with E-state index in [9.17, 15) is 0 Å². The summed E-state index contributed by atoms with van der Waals surface area (Å²) in [4.78, 5) is 10.5. The molecule has 0 bridgehead atoms. The Bertz CT molecular complexity index is 501. The van der Waals surface area contributed by atoms with Crippen molar-refractivity contribution in [2.24, 2.45) is 0 Å². The maximum atomic E-state index is 4.49. The molecule has 0 spiro atoms. The molecule has 0 saturated carbocycles. The van der Waals surface area contributed by atoms with Crippen LogP contribution in [-0.2, 0) is 6.54 Å². The molecule has 1 saturated heterocycles. The van der Waals surface area contributed by atoms with Crippen molar-refractivity contribution in [1.82, 2.24) is 24.6 Å². The van der Waals surface area contributed by atoms with E-state index in [-0.39, 0.29) is 0 Å². The molecule has 0 atom stereocenters. The Morgan fingerprint density at radius 1 is 1.35 bits per heavy atom. The predicted molar refractivity (Wildman–Crippen MR) is 63.8 cm³/mol. The van der Waals surface area contributed by atoms with Gasteiger partial charge in [0.1, 0.15) is 6.33 Å². The first kappa shape index (κ1) is 10.4. The highest BCUT2D eigenvalue weighted by Gasteiger charge is 2.16. The lowest BCUT2D eigenvalue weighted by molar-refractivity contribution is 0.172. The van der Waals surface area contributed by atoms with E-state index in [0.29, 0.717) is 0 Å². The Balaban J connectivity index is 1.84. The fourth-order valence-electron chi connectivity index (χ4n) is 1.97. The van der Waals surface area contributed by atoms with E-state index >= 15 is 0 Å². The zero-order valence-corrected chi connectivity index (χ0v) is 9.87. The quantitative estimate of drug-likeness (QED) is 0.792. The van der Waals surface area contributed by atoms with Crippen molar-refractivity contribution in [2.45, 2.75) is 19.9 Å². The van der Waals surface area contributed by atoms with E-state index in [0.717, 1.165) is 18.1 Å². The smallest absolute Gasteiger partial charge is 0.156 e. The van der Waals surface area contributed by atoms with Crippen molar-refractivity contribution in [2.75, 3.05) is 13.1 Å². The van der Waals surface area contributed by atoms with Crippen LogP contribution in [0.1, 0.15) is 17.7 Å². The number of aromatic nitrogens is 4. The van der Waals surface area contributed by atoms with Gasteiger partial charge in [0.15, 0.2) is 5.82 Å². The third-order valence-corrected chi connectivity index (χ3v) is 3.14. The lowest BCUT2D eigenvalue weighted by Gasteiger charge is -2.30. The van der Waals surface area contributed by atoms with Crippen LogP contribution >= 0.6 is 0 Å². The van der Waals surface area contributed by atoms with Gasteiger partial charge in [-0.15, -0.1) is 0 Å². The predicted octanol–water partition coefficient (Wildman–Crippen LogP) is 1.18. The van der Waals surface area contributed by atoms with Gasteiger partial charge in [0, 0.05) is 30.6 Å². The van der Waals surface area contributed by atoms with Gasteiger partial charge >= 0.3 is 0 Å². The minimum absolute atomic E-state index is 0.818. The van der Waals surface area contributed by atoms with E-state index in [1.807, 2.05) is 17.7 Å². The molecular formula is C12H15N5. The van der Waals surface area contributed by atoms with Crippen molar-refractivity contribution < 1.29 is 0 Å². The van der Waals surface area contributed by atoms with Gasteiger partial charge in [-0.1, -0.05) is 0 Å². The van der Waals surface area contributed by atoms with Crippen molar-refractivity contribution in [3.63, 3.8) is 0 Å². The molecule has 5 heteroatoms. The first-order valence-electron chi connectivity index (χ1n) is 5.87. The number of hydrogen-bond acceptors (Lipinski definition) is 4. The maximum absolute atomic E-state index is 4.49. The van der Waals surface area contributed by atoms with Gasteiger partial charge in [-0.25, -0.2) is 14.6 Å². The van der Waals surface area contributed by atoms with Gasteiger partial charge in [-0.05, 0) is 26.4 Å². The largest absolute Gasteiger partial charge is 0.299 e. The average molecular weight is 229 g/mol. The maximum Gasteiger partial charge on any atom is 0.156 e. The molecule has 0 aliphatic carbocycles. The summed E-state index contributed by atoms with van der Waals surface area (Å²) >= 11 is 0. The summed E-state index contributed by atoms with van der Waals surface area (Å²) in [5.41, 5.74) is 2.36. The van der Waals surface area contributed by atoms with Gasteiger partial charge in [-0.2, -0.15) is 5.10 Å². The number of rotatable bonds is 3. The van der Waals surface area contributed by atoms with Gasteiger partial charge in [-0.3, -0.25) is 4.90 Å². The van der Waals surface area contributed by atoms with Crippen LogP contribution in [0, 0.1) is 6.92 Å². The molecule has 88 valence electrons. The van der Waals surface area contributed by atoms with E-state index in [1.54, 1.807) is 12.5 Å². The molecule has 0 amide bonds. The Morgan fingerprint density at radius 2 is 2.24 bits per heavy atom. The van der Waals surface area contributed by atoms with Crippen LogP contribution in [0.3, 0.4) is 0 Å². The molecule has 1 aliphatic rings. The molecule has 0 unspecified atom stereocenters. The molecule has 3 heterocycles. The van der Waals surface area contributed by atoms with Crippen LogP contribution in [-0.4, -0.2) is 37.7 Å². The van der Waals surface area contributed by atoms with Crippen molar-refractivity contribution in [1.29, 1.82) is 0 Å². The first-order valence-corrected chi connectivity index (χ1v) is 5.87. The van der Waals surface area contributed by atoms with E-state index < -0.39 is 0 Å². The monoisotopic (exact) mass is 229 g/mol. The minimum Gasteiger partial charge on any atom is -0.299 e. The highest BCUT2D eigenvalue weighted by atomic mass is 15.3. The second-order valence-electron chi connectivity index (χ2n) is 4.38. The van der Waals surface area contributed by atoms with Crippen LogP contribution in [0.2, 0.25) is 0 Å².